The van der Waals surface area contributed by atoms with Crippen molar-refractivity contribution >= 4 is 12.0 Å². The summed E-state index contributed by atoms with van der Waals surface area (Å²) < 4.78 is 1.99. The van der Waals surface area contributed by atoms with Gasteiger partial charge in [-0.25, -0.2) is 4.98 Å². The Morgan fingerprint density at radius 1 is 1.43 bits per heavy atom. The van der Waals surface area contributed by atoms with Crippen LogP contribution in [0.15, 0.2) is 36.0 Å². The van der Waals surface area contributed by atoms with Crippen LogP contribution in [0.4, 0.5) is 0 Å². The largest absolute Gasteiger partial charge is 0.354 e. The fourth-order valence-electron chi connectivity index (χ4n) is 2.21. The number of carbonyl (C=O) groups excluding carboxylic acids is 1. The first-order chi connectivity index (χ1) is 10.1. The van der Waals surface area contributed by atoms with Gasteiger partial charge < -0.3 is 9.88 Å². The number of hydrogen-bond acceptors (Lipinski definition) is 3. The Morgan fingerprint density at radius 2 is 2.19 bits per heavy atom. The number of rotatable bonds is 3. The van der Waals surface area contributed by atoms with Crippen molar-refractivity contribution in [2.24, 2.45) is 0 Å². The maximum Gasteiger partial charge on any atom is 0.261 e. The molecule has 1 amide bonds. The minimum atomic E-state index is -0.389. The fraction of sp³-hybridized carbons (Fsp3) is 0.188. The Hall–Kier alpha value is -2.87. The molecule has 0 radical (unpaired) electrons. The number of hydrogen-bond donors (Lipinski definition) is 1. The third-order valence-corrected chi connectivity index (χ3v) is 3.24. The molecule has 2 aromatic heterocycles. The lowest BCUT2D eigenvalue weighted by Crippen LogP contribution is -2.19. The van der Waals surface area contributed by atoms with Gasteiger partial charge in [0.25, 0.3) is 5.91 Å². The summed E-state index contributed by atoms with van der Waals surface area (Å²) in [4.78, 5) is 15.9. The Labute approximate surface area is 123 Å². The van der Waals surface area contributed by atoms with E-state index in [0.717, 1.165) is 22.8 Å². The van der Waals surface area contributed by atoms with Crippen LogP contribution in [0.5, 0.6) is 0 Å². The van der Waals surface area contributed by atoms with Crippen LogP contribution in [0, 0.1) is 25.2 Å². The minimum Gasteiger partial charge on any atom is -0.354 e. The molecule has 0 saturated carbocycles. The normalized spacial score (nSPS) is 11.0. The highest BCUT2D eigenvalue weighted by atomic mass is 16.1. The molecular formula is C16H16N4O. The molecule has 0 bridgehead atoms. The van der Waals surface area contributed by atoms with Crippen LogP contribution in [-0.4, -0.2) is 22.5 Å². The van der Waals surface area contributed by atoms with Crippen LogP contribution in [0.2, 0.25) is 0 Å². The molecule has 106 valence electrons. The highest BCUT2D eigenvalue weighted by molar-refractivity contribution is 6.01. The maximum atomic E-state index is 11.6. The van der Waals surface area contributed by atoms with Crippen LogP contribution in [0.3, 0.4) is 0 Å². The van der Waals surface area contributed by atoms with Crippen molar-refractivity contribution in [2.75, 3.05) is 7.05 Å². The fourth-order valence-corrected chi connectivity index (χ4v) is 2.21. The maximum absolute atomic E-state index is 11.6. The highest BCUT2D eigenvalue weighted by Gasteiger charge is 2.13. The van der Waals surface area contributed by atoms with Gasteiger partial charge in [0.15, 0.2) is 0 Å². The zero-order valence-corrected chi connectivity index (χ0v) is 12.2. The van der Waals surface area contributed by atoms with Crippen molar-refractivity contribution in [3.05, 3.63) is 53.0 Å². The number of likely N-dealkylation sites (N-methyl/N-ethyl adjacent to an activating group) is 1. The summed E-state index contributed by atoms with van der Waals surface area (Å²) in [5, 5.41) is 11.5. The first-order valence-electron chi connectivity index (χ1n) is 6.52. The van der Waals surface area contributed by atoms with Gasteiger partial charge in [0, 0.05) is 24.6 Å². The second-order valence-corrected chi connectivity index (χ2v) is 4.60. The highest BCUT2D eigenvalue weighted by Crippen LogP contribution is 2.21. The molecule has 0 spiro atoms. The number of nitrogens with zero attached hydrogens (tertiary/aromatic N) is 3. The van der Waals surface area contributed by atoms with E-state index >= 15 is 0 Å². The molecule has 0 saturated heterocycles. The smallest absolute Gasteiger partial charge is 0.261 e. The molecule has 0 fully saturated rings. The van der Waals surface area contributed by atoms with Gasteiger partial charge in [-0.2, -0.15) is 5.26 Å². The van der Waals surface area contributed by atoms with Gasteiger partial charge in [-0.1, -0.05) is 6.07 Å². The quantitative estimate of drug-likeness (QED) is 0.691. The van der Waals surface area contributed by atoms with Crippen molar-refractivity contribution in [1.82, 2.24) is 14.9 Å². The van der Waals surface area contributed by atoms with Crippen molar-refractivity contribution < 1.29 is 4.79 Å². The van der Waals surface area contributed by atoms with Crippen molar-refractivity contribution in [3.63, 3.8) is 0 Å². The Balaban J connectivity index is 2.53. The number of aromatic nitrogens is 2. The zero-order chi connectivity index (χ0) is 15.4. The number of pyridine rings is 1. The van der Waals surface area contributed by atoms with Gasteiger partial charge in [0.1, 0.15) is 17.5 Å². The molecule has 0 aliphatic rings. The van der Waals surface area contributed by atoms with E-state index in [1.165, 1.54) is 7.05 Å². The average Bonchev–Trinajstić information content (AvgIpc) is 2.79. The van der Waals surface area contributed by atoms with E-state index < -0.39 is 0 Å². The number of nitrogens with one attached hydrogen (secondary N) is 1. The van der Waals surface area contributed by atoms with Gasteiger partial charge in [-0.3, -0.25) is 4.79 Å². The van der Waals surface area contributed by atoms with E-state index in [0.29, 0.717) is 0 Å². The van der Waals surface area contributed by atoms with E-state index in [1.54, 1.807) is 12.3 Å². The summed E-state index contributed by atoms with van der Waals surface area (Å²) in [6.07, 6.45) is 3.33. The molecule has 0 unspecified atom stereocenters. The molecule has 2 aromatic rings. The summed E-state index contributed by atoms with van der Waals surface area (Å²) in [5.41, 5.74) is 2.84. The summed E-state index contributed by atoms with van der Waals surface area (Å²) in [6.45, 7) is 3.90. The molecule has 5 nitrogen and oxygen atoms in total. The lowest BCUT2D eigenvalue weighted by Gasteiger charge is -2.07. The summed E-state index contributed by atoms with van der Waals surface area (Å²) in [5.74, 6) is 0.422. The van der Waals surface area contributed by atoms with Gasteiger partial charge in [-0.15, -0.1) is 0 Å². The number of aryl methyl sites for hydroxylation is 1. The van der Waals surface area contributed by atoms with E-state index in [4.69, 9.17) is 5.26 Å². The molecule has 0 atom stereocenters. The first-order valence-corrected chi connectivity index (χ1v) is 6.52. The Kier molecular flexibility index (Phi) is 4.19. The zero-order valence-electron chi connectivity index (χ0n) is 12.2. The molecule has 5 heteroatoms. The van der Waals surface area contributed by atoms with Gasteiger partial charge in [0.2, 0.25) is 0 Å². The molecule has 0 aliphatic heterocycles. The summed E-state index contributed by atoms with van der Waals surface area (Å²) >= 11 is 0. The second-order valence-electron chi connectivity index (χ2n) is 4.60. The second kappa shape index (κ2) is 6.06. The van der Waals surface area contributed by atoms with Gasteiger partial charge in [0.05, 0.1) is 0 Å². The van der Waals surface area contributed by atoms with Crippen LogP contribution in [0.25, 0.3) is 11.9 Å². The van der Waals surface area contributed by atoms with E-state index in [-0.39, 0.29) is 11.5 Å². The van der Waals surface area contributed by atoms with Crippen LogP contribution in [0.1, 0.15) is 17.0 Å². The van der Waals surface area contributed by atoms with E-state index in [9.17, 15) is 4.79 Å². The molecule has 0 aliphatic carbocycles. The third-order valence-electron chi connectivity index (χ3n) is 3.24. The minimum absolute atomic E-state index is 0.0822. The van der Waals surface area contributed by atoms with Crippen molar-refractivity contribution in [1.29, 1.82) is 5.26 Å². The Bertz CT molecular complexity index is 736. The standard InChI is InChI=1S/C16H16N4O/c1-11-8-13(9-14(10-17)16(21)18-3)12(2)20(11)15-6-4-5-7-19-15/h4-9H,1-3H3,(H,18,21)/b14-9-. The van der Waals surface area contributed by atoms with Crippen LogP contribution < -0.4 is 5.32 Å². The van der Waals surface area contributed by atoms with E-state index in [2.05, 4.69) is 10.3 Å². The van der Waals surface area contributed by atoms with Gasteiger partial charge in [-0.05, 0) is 43.7 Å². The lowest BCUT2D eigenvalue weighted by molar-refractivity contribution is -0.116. The number of nitriles is 1. The lowest BCUT2D eigenvalue weighted by atomic mass is 10.1. The molecule has 2 rings (SSSR count). The molecule has 0 aromatic carbocycles. The Morgan fingerprint density at radius 3 is 2.76 bits per heavy atom. The van der Waals surface area contributed by atoms with Gasteiger partial charge >= 0.3 is 0 Å². The van der Waals surface area contributed by atoms with E-state index in [1.807, 2.05) is 48.7 Å². The molecule has 2 heterocycles. The third kappa shape index (κ3) is 2.84. The first kappa shape index (κ1) is 14.5. The van der Waals surface area contributed by atoms with Crippen molar-refractivity contribution in [2.45, 2.75) is 13.8 Å². The number of carbonyl (C=O) groups is 1. The summed E-state index contributed by atoms with van der Waals surface area (Å²) in [6, 6.07) is 9.55. The van der Waals surface area contributed by atoms with Crippen LogP contribution in [-0.2, 0) is 4.79 Å². The topological polar surface area (TPSA) is 70.7 Å². The predicted octanol–water partition coefficient (Wildman–Crippen LogP) is 2.14. The average molecular weight is 280 g/mol. The van der Waals surface area contributed by atoms with Crippen LogP contribution >= 0.6 is 0 Å². The molecule has 1 N–H and O–H groups in total. The summed E-state index contributed by atoms with van der Waals surface area (Å²) in [7, 11) is 1.50. The predicted molar refractivity (Wildman–Crippen MR) is 80.7 cm³/mol. The SMILES string of the molecule is CNC(=O)/C(C#N)=C\c1cc(C)n(-c2ccccn2)c1C. The molecular weight excluding hydrogens is 264 g/mol. The molecule has 21 heavy (non-hydrogen) atoms. The monoisotopic (exact) mass is 280 g/mol. The van der Waals surface area contributed by atoms with Crippen molar-refractivity contribution in [3.8, 4) is 11.9 Å². The number of amides is 1.